The molecule has 1 aromatic rings. The molecule has 3 N–H and O–H groups in total. The van der Waals surface area contributed by atoms with Crippen LogP contribution in [-0.4, -0.2) is 17.9 Å². The average molecular weight is 245 g/mol. The zero-order valence-electron chi connectivity index (χ0n) is 11.5. The zero-order chi connectivity index (χ0) is 13.3. The van der Waals surface area contributed by atoms with E-state index in [4.69, 9.17) is 11.1 Å². The van der Waals surface area contributed by atoms with E-state index < -0.39 is 0 Å². The van der Waals surface area contributed by atoms with Crippen LogP contribution in [-0.2, 0) is 0 Å². The molecule has 98 valence electrons. The molecule has 2 rings (SSSR count). The summed E-state index contributed by atoms with van der Waals surface area (Å²) in [6.07, 6.45) is 3.61. The summed E-state index contributed by atoms with van der Waals surface area (Å²) in [6, 6.07) is 7.17. The number of hydrogen-bond donors (Lipinski definition) is 2. The lowest BCUT2D eigenvalue weighted by molar-refractivity contribution is 0.626. The van der Waals surface area contributed by atoms with Gasteiger partial charge in [-0.2, -0.15) is 0 Å². The fourth-order valence-electron chi connectivity index (χ4n) is 3.09. The SMILES string of the molecule is CCC1CCC(C)N1c1c(C)cccc1C(=N)N. The molecule has 0 saturated carbocycles. The van der Waals surface area contributed by atoms with Crippen molar-refractivity contribution in [3.8, 4) is 0 Å². The zero-order valence-corrected chi connectivity index (χ0v) is 11.5. The summed E-state index contributed by atoms with van der Waals surface area (Å²) in [5, 5.41) is 7.78. The van der Waals surface area contributed by atoms with Gasteiger partial charge in [0.05, 0.1) is 5.69 Å². The van der Waals surface area contributed by atoms with E-state index >= 15 is 0 Å². The molecule has 1 aliphatic rings. The van der Waals surface area contributed by atoms with Gasteiger partial charge in [0.25, 0.3) is 0 Å². The summed E-state index contributed by atoms with van der Waals surface area (Å²) in [4.78, 5) is 2.48. The van der Waals surface area contributed by atoms with Gasteiger partial charge in [-0.25, -0.2) is 0 Å². The summed E-state index contributed by atoms with van der Waals surface area (Å²) in [5.74, 6) is 0.169. The maximum absolute atomic E-state index is 7.78. The monoisotopic (exact) mass is 245 g/mol. The molecular formula is C15H23N3. The van der Waals surface area contributed by atoms with Gasteiger partial charge in [-0.05, 0) is 44.7 Å². The van der Waals surface area contributed by atoms with Gasteiger partial charge in [0.15, 0.2) is 0 Å². The maximum atomic E-state index is 7.78. The minimum Gasteiger partial charge on any atom is -0.384 e. The third kappa shape index (κ3) is 2.09. The van der Waals surface area contributed by atoms with Crippen LogP contribution in [0.5, 0.6) is 0 Å². The Balaban J connectivity index is 2.52. The van der Waals surface area contributed by atoms with Crippen LogP contribution in [0.2, 0.25) is 0 Å². The minimum absolute atomic E-state index is 0.169. The molecule has 3 heteroatoms. The van der Waals surface area contributed by atoms with Gasteiger partial charge >= 0.3 is 0 Å². The molecule has 0 aromatic heterocycles. The van der Waals surface area contributed by atoms with Crippen molar-refractivity contribution in [1.82, 2.24) is 0 Å². The highest BCUT2D eigenvalue weighted by Gasteiger charge is 2.31. The number of aryl methyl sites for hydroxylation is 1. The summed E-state index contributed by atoms with van der Waals surface area (Å²) < 4.78 is 0. The van der Waals surface area contributed by atoms with Crippen molar-refractivity contribution < 1.29 is 0 Å². The standard InChI is InChI=1S/C15H23N3/c1-4-12-9-8-11(3)18(12)14-10(2)6-5-7-13(14)15(16)17/h5-7,11-12H,4,8-9H2,1-3H3,(H3,16,17). The van der Waals surface area contributed by atoms with Crippen LogP contribution in [0.3, 0.4) is 0 Å². The molecule has 1 aromatic carbocycles. The second kappa shape index (κ2) is 5.01. The quantitative estimate of drug-likeness (QED) is 0.635. The molecule has 0 aliphatic carbocycles. The van der Waals surface area contributed by atoms with E-state index in [1.165, 1.54) is 24.1 Å². The number of rotatable bonds is 3. The van der Waals surface area contributed by atoms with E-state index in [9.17, 15) is 0 Å². The molecule has 1 saturated heterocycles. The third-order valence-corrected chi connectivity index (χ3v) is 4.04. The van der Waals surface area contributed by atoms with Crippen molar-refractivity contribution in [3.63, 3.8) is 0 Å². The number of nitrogen functional groups attached to an aromatic ring is 1. The van der Waals surface area contributed by atoms with E-state index in [0.29, 0.717) is 12.1 Å². The van der Waals surface area contributed by atoms with Crippen molar-refractivity contribution in [2.75, 3.05) is 4.90 Å². The molecule has 1 fully saturated rings. The summed E-state index contributed by atoms with van der Waals surface area (Å²) in [5.41, 5.74) is 9.00. The summed E-state index contributed by atoms with van der Waals surface area (Å²) in [6.45, 7) is 6.62. The molecule has 1 aliphatic heterocycles. The van der Waals surface area contributed by atoms with Crippen molar-refractivity contribution >= 4 is 11.5 Å². The molecular weight excluding hydrogens is 222 g/mol. The number of hydrogen-bond acceptors (Lipinski definition) is 2. The first kappa shape index (κ1) is 12.9. The lowest BCUT2D eigenvalue weighted by atomic mass is 10.0. The van der Waals surface area contributed by atoms with Gasteiger partial charge in [0.1, 0.15) is 5.84 Å². The first-order chi connectivity index (χ1) is 8.56. The topological polar surface area (TPSA) is 53.1 Å². The Morgan fingerprint density at radius 1 is 1.44 bits per heavy atom. The van der Waals surface area contributed by atoms with Crippen LogP contribution < -0.4 is 10.6 Å². The fourth-order valence-corrected chi connectivity index (χ4v) is 3.09. The predicted octanol–water partition coefficient (Wildman–Crippen LogP) is 3.05. The highest BCUT2D eigenvalue weighted by atomic mass is 15.2. The normalized spacial score (nSPS) is 23.4. The van der Waals surface area contributed by atoms with Crippen LogP contribution >= 0.6 is 0 Å². The lowest BCUT2D eigenvalue weighted by Gasteiger charge is -2.33. The van der Waals surface area contributed by atoms with E-state index in [2.05, 4.69) is 31.7 Å². The number of amidine groups is 1. The number of nitrogens with two attached hydrogens (primary N) is 1. The van der Waals surface area contributed by atoms with E-state index in [-0.39, 0.29) is 5.84 Å². The second-order valence-electron chi connectivity index (χ2n) is 5.28. The molecule has 0 bridgehead atoms. The molecule has 3 nitrogen and oxygen atoms in total. The number of nitrogens with one attached hydrogen (secondary N) is 1. The minimum atomic E-state index is 0.169. The number of benzene rings is 1. The van der Waals surface area contributed by atoms with Crippen molar-refractivity contribution in [2.24, 2.45) is 5.73 Å². The van der Waals surface area contributed by atoms with Gasteiger partial charge < -0.3 is 10.6 Å². The van der Waals surface area contributed by atoms with Crippen molar-refractivity contribution in [2.45, 2.75) is 52.1 Å². The van der Waals surface area contributed by atoms with Crippen LogP contribution in [0.25, 0.3) is 0 Å². The lowest BCUT2D eigenvalue weighted by Crippen LogP contribution is -2.36. The third-order valence-electron chi connectivity index (χ3n) is 4.04. The fraction of sp³-hybridized carbons (Fsp3) is 0.533. The Morgan fingerprint density at radius 2 is 2.17 bits per heavy atom. The first-order valence-electron chi connectivity index (χ1n) is 6.78. The Morgan fingerprint density at radius 3 is 2.78 bits per heavy atom. The molecule has 2 atom stereocenters. The van der Waals surface area contributed by atoms with Crippen molar-refractivity contribution in [3.05, 3.63) is 29.3 Å². The molecule has 0 radical (unpaired) electrons. The Bertz CT molecular complexity index is 453. The van der Waals surface area contributed by atoms with Crippen LogP contribution in [0.15, 0.2) is 18.2 Å². The highest BCUT2D eigenvalue weighted by molar-refractivity contribution is 6.01. The first-order valence-corrected chi connectivity index (χ1v) is 6.78. The Labute approximate surface area is 109 Å². The molecule has 0 amide bonds. The second-order valence-corrected chi connectivity index (χ2v) is 5.28. The Hall–Kier alpha value is -1.51. The van der Waals surface area contributed by atoms with Gasteiger partial charge in [0.2, 0.25) is 0 Å². The van der Waals surface area contributed by atoms with Crippen molar-refractivity contribution in [1.29, 1.82) is 5.41 Å². The predicted molar refractivity (Wildman–Crippen MR) is 77.4 cm³/mol. The molecule has 18 heavy (non-hydrogen) atoms. The molecule has 1 heterocycles. The van der Waals surface area contributed by atoms with Gasteiger partial charge in [-0.15, -0.1) is 0 Å². The highest BCUT2D eigenvalue weighted by Crippen LogP contribution is 2.36. The summed E-state index contributed by atoms with van der Waals surface area (Å²) >= 11 is 0. The number of para-hydroxylation sites is 1. The van der Waals surface area contributed by atoms with Gasteiger partial charge in [0, 0.05) is 17.6 Å². The number of anilines is 1. The largest absolute Gasteiger partial charge is 0.384 e. The van der Waals surface area contributed by atoms with E-state index in [1.54, 1.807) is 0 Å². The van der Waals surface area contributed by atoms with Crippen LogP contribution in [0.1, 0.15) is 44.2 Å². The van der Waals surface area contributed by atoms with E-state index in [0.717, 1.165) is 12.0 Å². The van der Waals surface area contributed by atoms with Crippen LogP contribution in [0.4, 0.5) is 5.69 Å². The van der Waals surface area contributed by atoms with Crippen LogP contribution in [0, 0.1) is 12.3 Å². The Kier molecular flexibility index (Phi) is 3.60. The molecule has 2 unspecified atom stereocenters. The average Bonchev–Trinajstić information content (AvgIpc) is 2.70. The molecule has 0 spiro atoms. The van der Waals surface area contributed by atoms with Gasteiger partial charge in [-0.3, -0.25) is 5.41 Å². The summed E-state index contributed by atoms with van der Waals surface area (Å²) in [7, 11) is 0. The maximum Gasteiger partial charge on any atom is 0.124 e. The van der Waals surface area contributed by atoms with E-state index in [1.807, 2.05) is 12.1 Å². The van der Waals surface area contributed by atoms with Gasteiger partial charge in [-0.1, -0.05) is 19.1 Å². The number of nitrogens with zero attached hydrogens (tertiary/aromatic N) is 1. The smallest absolute Gasteiger partial charge is 0.124 e.